The van der Waals surface area contributed by atoms with Gasteiger partial charge in [0.1, 0.15) is 35.4 Å². The zero-order chi connectivity index (χ0) is 28.6. The van der Waals surface area contributed by atoms with Crippen LogP contribution in [0.1, 0.15) is 31.9 Å². The lowest BCUT2D eigenvalue weighted by Crippen LogP contribution is -2.45. The van der Waals surface area contributed by atoms with Crippen molar-refractivity contribution in [3.05, 3.63) is 72.3 Å². The number of fused-ring (bicyclic) bond motifs is 1. The smallest absolute Gasteiger partial charge is 0.249 e. The summed E-state index contributed by atoms with van der Waals surface area (Å²) in [6.07, 6.45) is 0.794. The molecule has 40 heavy (non-hydrogen) atoms. The molecule has 0 spiro atoms. The van der Waals surface area contributed by atoms with E-state index in [4.69, 9.17) is 14.2 Å². The van der Waals surface area contributed by atoms with Crippen LogP contribution in [0.2, 0.25) is 0 Å². The van der Waals surface area contributed by atoms with Crippen LogP contribution in [0.4, 0.5) is 5.69 Å². The molecule has 0 saturated carbocycles. The number of nitrogens with one attached hydrogen (secondary N) is 1. The molecule has 0 saturated heterocycles. The summed E-state index contributed by atoms with van der Waals surface area (Å²) in [7, 11) is 4.62. The summed E-state index contributed by atoms with van der Waals surface area (Å²) >= 11 is 0. The van der Waals surface area contributed by atoms with Gasteiger partial charge in [-0.15, -0.1) is 5.10 Å². The number of amides is 2. The molecule has 10 nitrogen and oxygen atoms in total. The molecule has 1 heterocycles. The van der Waals surface area contributed by atoms with Crippen molar-refractivity contribution in [2.24, 2.45) is 5.92 Å². The maximum absolute atomic E-state index is 14.3. The topological polar surface area (TPSA) is 108 Å². The van der Waals surface area contributed by atoms with Crippen molar-refractivity contribution in [1.29, 1.82) is 0 Å². The van der Waals surface area contributed by atoms with Crippen LogP contribution in [0.5, 0.6) is 17.2 Å². The number of anilines is 1. The standard InChI is InChI=1S/C30H35N5O5/c1-20(2)13-14-31-30(37)29(21-9-8-10-23(15-21)38-3)35(22-16-24(39-4)18-25(17-22)40-5)28(36)19-34-27-12-7-6-11-26(27)32-33-34/h6-12,15-18,20,29H,13-14,19H2,1-5H3,(H,31,37). The highest BCUT2D eigenvalue weighted by Gasteiger charge is 2.34. The van der Waals surface area contributed by atoms with Crippen LogP contribution in [-0.4, -0.2) is 54.7 Å². The summed E-state index contributed by atoms with van der Waals surface area (Å²) in [6, 6.07) is 18.6. The molecule has 0 aliphatic carbocycles. The summed E-state index contributed by atoms with van der Waals surface area (Å²) in [5.74, 6) is 1.21. The van der Waals surface area contributed by atoms with Crippen LogP contribution < -0.4 is 24.4 Å². The lowest BCUT2D eigenvalue weighted by molar-refractivity contribution is -0.127. The molecule has 4 aromatic rings. The first-order valence-electron chi connectivity index (χ1n) is 13.1. The van der Waals surface area contributed by atoms with Gasteiger partial charge in [-0.05, 0) is 42.2 Å². The fourth-order valence-electron chi connectivity index (χ4n) is 4.42. The molecule has 0 fully saturated rings. The van der Waals surface area contributed by atoms with E-state index < -0.39 is 6.04 Å². The Labute approximate surface area is 233 Å². The molecule has 2 amide bonds. The van der Waals surface area contributed by atoms with Crippen molar-refractivity contribution < 1.29 is 23.8 Å². The number of carbonyl (C=O) groups is 2. The summed E-state index contributed by atoms with van der Waals surface area (Å²) in [5, 5.41) is 11.4. The summed E-state index contributed by atoms with van der Waals surface area (Å²) in [4.78, 5) is 29.6. The minimum Gasteiger partial charge on any atom is -0.497 e. The van der Waals surface area contributed by atoms with Gasteiger partial charge < -0.3 is 19.5 Å². The Morgan fingerprint density at radius 1 is 0.900 bits per heavy atom. The monoisotopic (exact) mass is 545 g/mol. The fourth-order valence-corrected chi connectivity index (χ4v) is 4.42. The highest BCUT2D eigenvalue weighted by Crippen LogP contribution is 2.35. The number of ether oxygens (including phenoxy) is 3. The maximum atomic E-state index is 14.3. The largest absolute Gasteiger partial charge is 0.497 e. The Morgan fingerprint density at radius 3 is 2.27 bits per heavy atom. The van der Waals surface area contributed by atoms with Gasteiger partial charge in [0.05, 0.1) is 32.5 Å². The average Bonchev–Trinajstić information content (AvgIpc) is 3.37. The van der Waals surface area contributed by atoms with E-state index in [0.29, 0.717) is 52.0 Å². The van der Waals surface area contributed by atoms with Gasteiger partial charge in [0.2, 0.25) is 11.8 Å². The zero-order valence-electron chi connectivity index (χ0n) is 23.5. The number of hydrogen-bond acceptors (Lipinski definition) is 7. The molecule has 3 aromatic carbocycles. The molecule has 10 heteroatoms. The minimum atomic E-state index is -1.03. The molecule has 210 valence electrons. The Kier molecular flexibility index (Phi) is 9.21. The van der Waals surface area contributed by atoms with E-state index in [1.54, 1.807) is 49.6 Å². The second-order valence-electron chi connectivity index (χ2n) is 9.72. The quantitative estimate of drug-likeness (QED) is 0.281. The fraction of sp³-hybridized carbons (Fsp3) is 0.333. The van der Waals surface area contributed by atoms with Gasteiger partial charge in [0, 0.05) is 24.7 Å². The van der Waals surface area contributed by atoms with Gasteiger partial charge in [0.25, 0.3) is 0 Å². The second kappa shape index (κ2) is 13.0. The molecule has 0 aliphatic rings. The summed E-state index contributed by atoms with van der Waals surface area (Å²) < 4.78 is 18.0. The molecule has 0 bridgehead atoms. The average molecular weight is 546 g/mol. The Morgan fingerprint density at radius 2 is 1.60 bits per heavy atom. The number of nitrogens with zero attached hydrogens (tertiary/aromatic N) is 4. The Bertz CT molecular complexity index is 1450. The van der Waals surface area contributed by atoms with E-state index in [1.807, 2.05) is 24.3 Å². The van der Waals surface area contributed by atoms with E-state index in [2.05, 4.69) is 29.5 Å². The third-order valence-corrected chi connectivity index (χ3v) is 6.53. The van der Waals surface area contributed by atoms with Crippen LogP contribution in [0, 0.1) is 5.92 Å². The van der Waals surface area contributed by atoms with Crippen LogP contribution in [-0.2, 0) is 16.1 Å². The Hall–Kier alpha value is -4.60. The van der Waals surface area contributed by atoms with E-state index in [0.717, 1.165) is 6.42 Å². The van der Waals surface area contributed by atoms with E-state index in [-0.39, 0.29) is 18.4 Å². The van der Waals surface area contributed by atoms with Crippen LogP contribution in [0.15, 0.2) is 66.7 Å². The molecule has 1 atom stereocenters. The predicted molar refractivity (Wildman–Crippen MR) is 153 cm³/mol. The van der Waals surface area contributed by atoms with E-state index in [9.17, 15) is 9.59 Å². The lowest BCUT2D eigenvalue weighted by atomic mass is 10.0. The van der Waals surface area contributed by atoms with Gasteiger partial charge in [0.15, 0.2) is 0 Å². The third kappa shape index (κ3) is 6.51. The molecule has 1 unspecified atom stereocenters. The van der Waals surface area contributed by atoms with Gasteiger partial charge in [-0.25, -0.2) is 4.68 Å². The van der Waals surface area contributed by atoms with Crippen molar-refractivity contribution in [3.8, 4) is 17.2 Å². The molecule has 0 radical (unpaired) electrons. The van der Waals surface area contributed by atoms with Gasteiger partial charge >= 0.3 is 0 Å². The number of rotatable bonds is 12. The van der Waals surface area contributed by atoms with Gasteiger partial charge in [-0.1, -0.05) is 43.3 Å². The van der Waals surface area contributed by atoms with Gasteiger partial charge in [-0.3, -0.25) is 14.5 Å². The first-order valence-corrected chi connectivity index (χ1v) is 13.1. The molecule has 4 rings (SSSR count). The van der Waals surface area contributed by atoms with Crippen molar-refractivity contribution in [2.75, 3.05) is 32.8 Å². The number of methoxy groups -OCH3 is 3. The maximum Gasteiger partial charge on any atom is 0.249 e. The summed E-state index contributed by atoms with van der Waals surface area (Å²) in [6.45, 7) is 4.49. The molecule has 0 aliphatic heterocycles. The number of benzene rings is 3. The van der Waals surface area contributed by atoms with Crippen LogP contribution in [0.25, 0.3) is 11.0 Å². The van der Waals surface area contributed by atoms with Crippen molar-refractivity contribution in [2.45, 2.75) is 32.9 Å². The third-order valence-electron chi connectivity index (χ3n) is 6.53. The van der Waals surface area contributed by atoms with Crippen molar-refractivity contribution in [3.63, 3.8) is 0 Å². The summed E-state index contributed by atoms with van der Waals surface area (Å²) in [5.41, 5.74) is 2.39. The van der Waals surface area contributed by atoms with E-state index in [1.165, 1.54) is 23.8 Å². The lowest BCUT2D eigenvalue weighted by Gasteiger charge is -2.32. The molecular weight excluding hydrogens is 510 g/mol. The highest BCUT2D eigenvalue weighted by atomic mass is 16.5. The number of para-hydroxylation sites is 1. The molecule has 1 aromatic heterocycles. The molecule has 1 N–H and O–H groups in total. The first kappa shape index (κ1) is 28.4. The normalized spacial score (nSPS) is 11.8. The SMILES string of the molecule is COc1cccc(C(C(=O)NCCC(C)C)N(C(=O)Cn2nnc3ccccc32)c2cc(OC)cc(OC)c2)c1. The predicted octanol–water partition coefficient (Wildman–Crippen LogP) is 4.39. The number of aromatic nitrogens is 3. The first-order chi connectivity index (χ1) is 19.3. The minimum absolute atomic E-state index is 0.153. The number of carbonyl (C=O) groups excluding carboxylic acids is 2. The van der Waals surface area contributed by atoms with Crippen molar-refractivity contribution in [1.82, 2.24) is 20.3 Å². The van der Waals surface area contributed by atoms with Crippen LogP contribution >= 0.6 is 0 Å². The van der Waals surface area contributed by atoms with Gasteiger partial charge in [-0.2, -0.15) is 0 Å². The van der Waals surface area contributed by atoms with Crippen LogP contribution in [0.3, 0.4) is 0 Å². The van der Waals surface area contributed by atoms with E-state index >= 15 is 0 Å². The highest BCUT2D eigenvalue weighted by molar-refractivity contribution is 6.02. The second-order valence-corrected chi connectivity index (χ2v) is 9.72. The Balaban J connectivity index is 1.85. The zero-order valence-corrected chi connectivity index (χ0v) is 23.5. The molecular formula is C30H35N5O5. The number of hydrogen-bond donors (Lipinski definition) is 1. The van der Waals surface area contributed by atoms with Crippen molar-refractivity contribution >= 4 is 28.5 Å².